The first-order valence-electron chi connectivity index (χ1n) is 7.22. The van der Waals surface area contributed by atoms with Crippen molar-refractivity contribution in [1.29, 1.82) is 0 Å². The van der Waals surface area contributed by atoms with E-state index in [2.05, 4.69) is 49.5 Å². The van der Waals surface area contributed by atoms with Crippen LogP contribution in [0.5, 0.6) is 11.5 Å². The Bertz CT molecular complexity index is 596. The highest BCUT2D eigenvalue weighted by Gasteiger charge is 2.19. The molecule has 21 heavy (non-hydrogen) atoms. The van der Waals surface area contributed by atoms with E-state index in [1.807, 2.05) is 12.1 Å². The summed E-state index contributed by atoms with van der Waals surface area (Å²) in [4.78, 5) is 0. The standard InChI is InChI=1S/C18H23NO2/c1-5-19-18(15-9-7-6-8-13(15)2)16-11-10-14(20-3)12-17(16)21-4/h6-12,18-19H,5H2,1-4H3. The lowest BCUT2D eigenvalue weighted by Gasteiger charge is -2.23. The highest BCUT2D eigenvalue weighted by atomic mass is 16.5. The molecule has 0 amide bonds. The molecule has 0 spiro atoms. The quantitative estimate of drug-likeness (QED) is 0.877. The Hall–Kier alpha value is -2.00. The number of hydrogen-bond acceptors (Lipinski definition) is 3. The molecular weight excluding hydrogens is 262 g/mol. The molecular formula is C18H23NO2. The number of methoxy groups -OCH3 is 2. The summed E-state index contributed by atoms with van der Waals surface area (Å²) in [6.07, 6.45) is 0. The monoisotopic (exact) mass is 285 g/mol. The van der Waals surface area contributed by atoms with Crippen molar-refractivity contribution in [2.45, 2.75) is 19.9 Å². The lowest BCUT2D eigenvalue weighted by Crippen LogP contribution is -2.23. The third kappa shape index (κ3) is 3.37. The third-order valence-electron chi connectivity index (χ3n) is 3.66. The van der Waals surface area contributed by atoms with Gasteiger partial charge in [0.1, 0.15) is 11.5 Å². The smallest absolute Gasteiger partial charge is 0.127 e. The van der Waals surface area contributed by atoms with Gasteiger partial charge >= 0.3 is 0 Å². The van der Waals surface area contributed by atoms with Crippen LogP contribution in [0.3, 0.4) is 0 Å². The number of nitrogens with one attached hydrogen (secondary N) is 1. The summed E-state index contributed by atoms with van der Waals surface area (Å²) in [5.41, 5.74) is 3.65. The fourth-order valence-corrected chi connectivity index (χ4v) is 2.56. The van der Waals surface area contributed by atoms with E-state index in [9.17, 15) is 0 Å². The maximum atomic E-state index is 5.56. The van der Waals surface area contributed by atoms with Crippen LogP contribution in [0.1, 0.15) is 29.7 Å². The summed E-state index contributed by atoms with van der Waals surface area (Å²) in [5, 5.41) is 3.55. The second kappa shape index (κ2) is 7.14. The van der Waals surface area contributed by atoms with Crippen LogP contribution in [0.15, 0.2) is 42.5 Å². The van der Waals surface area contributed by atoms with Gasteiger partial charge in [-0.3, -0.25) is 0 Å². The normalized spacial score (nSPS) is 12.0. The minimum Gasteiger partial charge on any atom is -0.497 e. The molecule has 3 nitrogen and oxygen atoms in total. The first kappa shape index (κ1) is 15.4. The van der Waals surface area contributed by atoms with Crippen LogP contribution in [-0.4, -0.2) is 20.8 Å². The summed E-state index contributed by atoms with van der Waals surface area (Å²) in [5.74, 6) is 1.64. The van der Waals surface area contributed by atoms with E-state index in [1.54, 1.807) is 14.2 Å². The van der Waals surface area contributed by atoms with E-state index >= 15 is 0 Å². The molecule has 0 heterocycles. The molecule has 0 bridgehead atoms. The van der Waals surface area contributed by atoms with Gasteiger partial charge in [-0.05, 0) is 36.7 Å². The van der Waals surface area contributed by atoms with Crippen molar-refractivity contribution in [3.63, 3.8) is 0 Å². The molecule has 1 atom stereocenters. The molecule has 2 rings (SSSR count). The molecule has 2 aromatic carbocycles. The summed E-state index contributed by atoms with van der Waals surface area (Å²) in [6, 6.07) is 14.5. The lowest BCUT2D eigenvalue weighted by atomic mass is 9.94. The van der Waals surface area contributed by atoms with Crippen molar-refractivity contribution < 1.29 is 9.47 Å². The van der Waals surface area contributed by atoms with Crippen LogP contribution in [-0.2, 0) is 0 Å². The van der Waals surface area contributed by atoms with Gasteiger partial charge in [-0.2, -0.15) is 0 Å². The van der Waals surface area contributed by atoms with Crippen molar-refractivity contribution in [2.24, 2.45) is 0 Å². The van der Waals surface area contributed by atoms with Gasteiger partial charge < -0.3 is 14.8 Å². The highest BCUT2D eigenvalue weighted by Crippen LogP contribution is 2.34. The SMILES string of the molecule is CCNC(c1ccccc1C)c1ccc(OC)cc1OC. The van der Waals surface area contributed by atoms with E-state index < -0.39 is 0 Å². The minimum absolute atomic E-state index is 0.108. The first-order chi connectivity index (χ1) is 10.2. The first-order valence-corrected chi connectivity index (χ1v) is 7.22. The molecule has 1 N–H and O–H groups in total. The molecule has 3 heteroatoms. The van der Waals surface area contributed by atoms with Crippen LogP contribution >= 0.6 is 0 Å². The van der Waals surface area contributed by atoms with Crippen LogP contribution in [0.25, 0.3) is 0 Å². The van der Waals surface area contributed by atoms with Crippen molar-refractivity contribution >= 4 is 0 Å². The maximum absolute atomic E-state index is 5.56. The van der Waals surface area contributed by atoms with E-state index in [0.29, 0.717) is 0 Å². The molecule has 1 unspecified atom stereocenters. The molecule has 112 valence electrons. The summed E-state index contributed by atoms with van der Waals surface area (Å²) < 4.78 is 10.8. The van der Waals surface area contributed by atoms with Crippen molar-refractivity contribution in [3.05, 3.63) is 59.2 Å². The second-order valence-electron chi connectivity index (χ2n) is 4.96. The molecule has 0 fully saturated rings. The highest BCUT2D eigenvalue weighted by molar-refractivity contribution is 5.47. The number of aryl methyl sites for hydroxylation is 1. The van der Waals surface area contributed by atoms with Crippen molar-refractivity contribution in [1.82, 2.24) is 5.32 Å². The topological polar surface area (TPSA) is 30.5 Å². The Morgan fingerprint density at radius 3 is 2.38 bits per heavy atom. The summed E-state index contributed by atoms with van der Waals surface area (Å²) in [6.45, 7) is 5.13. The van der Waals surface area contributed by atoms with Crippen LogP contribution in [0.2, 0.25) is 0 Å². The molecule has 0 saturated heterocycles. The summed E-state index contributed by atoms with van der Waals surface area (Å²) >= 11 is 0. The molecule has 0 radical (unpaired) electrons. The zero-order chi connectivity index (χ0) is 15.2. The van der Waals surface area contributed by atoms with Gasteiger partial charge in [0.15, 0.2) is 0 Å². The van der Waals surface area contributed by atoms with Gasteiger partial charge in [-0.15, -0.1) is 0 Å². The Balaban J connectivity index is 2.50. The number of rotatable bonds is 6. The maximum Gasteiger partial charge on any atom is 0.127 e. The molecule has 2 aromatic rings. The van der Waals surface area contributed by atoms with Gasteiger partial charge in [0.25, 0.3) is 0 Å². The summed E-state index contributed by atoms with van der Waals surface area (Å²) in [7, 11) is 3.36. The van der Waals surface area contributed by atoms with Crippen LogP contribution < -0.4 is 14.8 Å². The number of hydrogen-bond donors (Lipinski definition) is 1. The molecule has 0 aliphatic rings. The van der Waals surface area contributed by atoms with E-state index in [-0.39, 0.29) is 6.04 Å². The van der Waals surface area contributed by atoms with Gasteiger partial charge in [0.2, 0.25) is 0 Å². The Morgan fingerprint density at radius 2 is 1.76 bits per heavy atom. The Labute approximate surface area is 126 Å². The fourth-order valence-electron chi connectivity index (χ4n) is 2.56. The largest absolute Gasteiger partial charge is 0.497 e. The average Bonchev–Trinajstić information content (AvgIpc) is 2.53. The van der Waals surface area contributed by atoms with Crippen LogP contribution in [0.4, 0.5) is 0 Å². The Kier molecular flexibility index (Phi) is 5.23. The van der Waals surface area contributed by atoms with E-state index in [4.69, 9.17) is 9.47 Å². The van der Waals surface area contributed by atoms with E-state index in [0.717, 1.165) is 23.6 Å². The molecule has 0 aromatic heterocycles. The van der Waals surface area contributed by atoms with Gasteiger partial charge in [-0.1, -0.05) is 31.2 Å². The van der Waals surface area contributed by atoms with Gasteiger partial charge in [-0.25, -0.2) is 0 Å². The van der Waals surface area contributed by atoms with E-state index in [1.165, 1.54) is 11.1 Å². The predicted octanol–water partition coefficient (Wildman–Crippen LogP) is 3.71. The zero-order valence-corrected chi connectivity index (χ0v) is 13.1. The van der Waals surface area contributed by atoms with Gasteiger partial charge in [0, 0.05) is 11.6 Å². The van der Waals surface area contributed by atoms with Crippen molar-refractivity contribution in [2.75, 3.05) is 20.8 Å². The fraction of sp³-hybridized carbons (Fsp3) is 0.333. The zero-order valence-electron chi connectivity index (χ0n) is 13.1. The number of ether oxygens (including phenoxy) is 2. The molecule has 0 aliphatic carbocycles. The van der Waals surface area contributed by atoms with Gasteiger partial charge in [0.05, 0.1) is 20.3 Å². The number of benzene rings is 2. The molecule has 0 aliphatic heterocycles. The lowest BCUT2D eigenvalue weighted by molar-refractivity contribution is 0.387. The molecule has 0 saturated carbocycles. The van der Waals surface area contributed by atoms with Crippen LogP contribution in [0, 0.1) is 6.92 Å². The second-order valence-corrected chi connectivity index (χ2v) is 4.96. The van der Waals surface area contributed by atoms with Crippen molar-refractivity contribution in [3.8, 4) is 11.5 Å². The minimum atomic E-state index is 0.108. The Morgan fingerprint density at radius 1 is 1.00 bits per heavy atom. The average molecular weight is 285 g/mol. The third-order valence-corrected chi connectivity index (χ3v) is 3.66. The predicted molar refractivity (Wildman–Crippen MR) is 86.2 cm³/mol.